The highest BCUT2D eigenvalue weighted by Crippen LogP contribution is 2.37. The molecule has 372 valence electrons. The molecular weight excluding hydrogens is 885 g/mol. The predicted molar refractivity (Wildman–Crippen MR) is 258 cm³/mol. The molecule has 2 aromatic heterocycles. The largest absolute Gasteiger partial charge is 0.393 e. The molecule has 2 atom stereocenters. The lowest BCUT2D eigenvalue weighted by atomic mass is 9.93. The molecule has 4 aromatic rings. The summed E-state index contributed by atoms with van der Waals surface area (Å²) in [7, 11) is 1.69. The number of methoxy groups -OCH3 is 1. The van der Waals surface area contributed by atoms with E-state index in [1.807, 2.05) is 12.3 Å². The average Bonchev–Trinajstić information content (AvgIpc) is 3.85. The number of piperidine rings is 1. The van der Waals surface area contributed by atoms with Gasteiger partial charge in [0, 0.05) is 94.8 Å². The molecule has 3 fully saturated rings. The molecule has 4 amide bonds. The van der Waals surface area contributed by atoms with Crippen LogP contribution in [-0.2, 0) is 46.2 Å². The average molecular weight is 953 g/mol. The number of rotatable bonds is 25. The van der Waals surface area contributed by atoms with Gasteiger partial charge in [-0.05, 0) is 74.6 Å². The molecule has 8 rings (SSSR count). The normalized spacial score (nSPS) is 20.7. The monoisotopic (exact) mass is 953 g/mol. The van der Waals surface area contributed by atoms with E-state index in [1.165, 1.54) is 5.56 Å². The summed E-state index contributed by atoms with van der Waals surface area (Å²) in [5.41, 5.74) is 5.83. The van der Waals surface area contributed by atoms with Gasteiger partial charge >= 0.3 is 0 Å². The number of aliphatic hydroxyl groups excluding tert-OH is 1. The Morgan fingerprint density at radius 1 is 0.797 bits per heavy atom. The zero-order valence-electron chi connectivity index (χ0n) is 40.1. The number of piperazine rings is 1. The van der Waals surface area contributed by atoms with Crippen molar-refractivity contribution >= 4 is 40.6 Å². The molecule has 2 aromatic carbocycles. The molecule has 1 aliphatic carbocycles. The van der Waals surface area contributed by atoms with Crippen LogP contribution in [-0.4, -0.2) is 175 Å². The zero-order chi connectivity index (χ0) is 48.1. The van der Waals surface area contributed by atoms with Crippen molar-refractivity contribution < 1.29 is 48.0 Å². The highest BCUT2D eigenvalue weighted by molar-refractivity contribution is 6.24. The van der Waals surface area contributed by atoms with E-state index in [0.717, 1.165) is 97.6 Å². The van der Waals surface area contributed by atoms with Gasteiger partial charge in [0.1, 0.15) is 11.7 Å². The van der Waals surface area contributed by atoms with Crippen LogP contribution in [0.4, 0.5) is 5.95 Å². The van der Waals surface area contributed by atoms with Crippen molar-refractivity contribution in [2.75, 3.05) is 105 Å². The number of aliphatic hydroxyl groups is 1. The van der Waals surface area contributed by atoms with Crippen molar-refractivity contribution in [2.24, 2.45) is 0 Å². The van der Waals surface area contributed by atoms with E-state index in [0.29, 0.717) is 83.8 Å². The number of imide groups is 2. The quantitative estimate of drug-likeness (QED) is 0.0630. The summed E-state index contributed by atoms with van der Waals surface area (Å²) in [6, 6.07) is 13.5. The first-order valence-corrected chi connectivity index (χ1v) is 24.7. The minimum atomic E-state index is -0.983. The maximum absolute atomic E-state index is 13.3. The summed E-state index contributed by atoms with van der Waals surface area (Å²) in [5.74, 6) is -1.42. The fraction of sp³-hybridized carbons (Fsp3) is 0.569. The highest BCUT2D eigenvalue weighted by atomic mass is 16.6. The molecule has 4 aliphatic rings. The van der Waals surface area contributed by atoms with Gasteiger partial charge in [-0.15, -0.1) is 0 Å². The maximum Gasteiger partial charge on any atom is 0.262 e. The topological polar surface area (TPSA) is 199 Å². The number of aromatic nitrogens is 3. The molecule has 5 heterocycles. The first-order chi connectivity index (χ1) is 33.7. The van der Waals surface area contributed by atoms with E-state index in [1.54, 1.807) is 19.2 Å². The van der Waals surface area contributed by atoms with Gasteiger partial charge in [0.15, 0.2) is 0 Å². The van der Waals surface area contributed by atoms with E-state index in [4.69, 9.17) is 28.7 Å². The number of benzene rings is 2. The Kier molecular flexibility index (Phi) is 17.9. The second kappa shape index (κ2) is 24.6. The summed E-state index contributed by atoms with van der Waals surface area (Å²) in [4.78, 5) is 66.0. The first-order valence-electron chi connectivity index (χ1n) is 24.7. The number of ether oxygens (including phenoxy) is 5. The van der Waals surface area contributed by atoms with Gasteiger partial charge in [0.2, 0.25) is 17.8 Å². The Balaban J connectivity index is 0.657. The summed E-state index contributed by atoms with van der Waals surface area (Å²) < 4.78 is 30.5. The molecule has 0 bridgehead atoms. The Morgan fingerprint density at radius 2 is 1.48 bits per heavy atom. The van der Waals surface area contributed by atoms with E-state index in [-0.39, 0.29) is 36.6 Å². The smallest absolute Gasteiger partial charge is 0.262 e. The van der Waals surface area contributed by atoms with E-state index < -0.39 is 29.7 Å². The molecule has 3 N–H and O–H groups in total. The molecule has 18 heteroatoms. The first kappa shape index (κ1) is 50.2. The number of hydrogen-bond acceptors (Lipinski definition) is 15. The number of carbonyl (C=O) groups is 4. The van der Waals surface area contributed by atoms with Gasteiger partial charge in [-0.25, -0.2) is 4.98 Å². The minimum Gasteiger partial charge on any atom is -0.393 e. The van der Waals surface area contributed by atoms with Crippen LogP contribution in [0.2, 0.25) is 0 Å². The Bertz CT molecular complexity index is 2360. The second-order valence-electron chi connectivity index (χ2n) is 18.5. The van der Waals surface area contributed by atoms with Crippen LogP contribution in [0.3, 0.4) is 0 Å². The van der Waals surface area contributed by atoms with Crippen molar-refractivity contribution in [1.29, 1.82) is 0 Å². The van der Waals surface area contributed by atoms with Crippen LogP contribution in [0, 0.1) is 0 Å². The summed E-state index contributed by atoms with van der Waals surface area (Å²) >= 11 is 0. The number of carbonyl (C=O) groups excluding carboxylic acids is 4. The third-order valence-corrected chi connectivity index (χ3v) is 13.5. The fourth-order valence-electron chi connectivity index (χ4n) is 9.79. The van der Waals surface area contributed by atoms with Gasteiger partial charge in [-0.3, -0.25) is 39.2 Å². The predicted octanol–water partition coefficient (Wildman–Crippen LogP) is 4.24. The lowest BCUT2D eigenvalue weighted by Crippen LogP contribution is -2.54. The number of nitrogens with one attached hydrogen (secondary N) is 2. The third kappa shape index (κ3) is 13.0. The van der Waals surface area contributed by atoms with Crippen molar-refractivity contribution in [3.8, 4) is 11.1 Å². The molecule has 69 heavy (non-hydrogen) atoms. The van der Waals surface area contributed by atoms with Crippen LogP contribution >= 0.6 is 0 Å². The highest BCUT2D eigenvalue weighted by Gasteiger charge is 2.45. The lowest BCUT2D eigenvalue weighted by molar-refractivity contribution is -0.136. The molecule has 1 saturated carbocycles. The molecule has 1 unspecified atom stereocenters. The summed E-state index contributed by atoms with van der Waals surface area (Å²) in [6.45, 7) is 12.4. The third-order valence-electron chi connectivity index (χ3n) is 13.5. The zero-order valence-corrected chi connectivity index (χ0v) is 40.1. The molecule has 18 nitrogen and oxygen atoms in total. The fourth-order valence-corrected chi connectivity index (χ4v) is 9.79. The van der Waals surface area contributed by atoms with Gasteiger partial charge in [-0.1, -0.05) is 36.4 Å². The van der Waals surface area contributed by atoms with Crippen molar-refractivity contribution in [1.82, 2.24) is 34.6 Å². The summed E-state index contributed by atoms with van der Waals surface area (Å²) in [6.07, 6.45) is 8.77. The van der Waals surface area contributed by atoms with Gasteiger partial charge in [0.05, 0.1) is 70.1 Å². The molecule has 2 saturated heterocycles. The number of anilines is 1. The van der Waals surface area contributed by atoms with Crippen LogP contribution < -0.4 is 10.6 Å². The molecule has 0 spiro atoms. The summed E-state index contributed by atoms with van der Waals surface area (Å²) in [5, 5.41) is 16.8. The molecule has 0 radical (unpaired) electrons. The van der Waals surface area contributed by atoms with E-state index in [2.05, 4.69) is 67.4 Å². The minimum absolute atomic E-state index is 0.0789. The standard InChI is InChI=1S/C51H68N8O10/c1-35(34-65-2)53-51-52-31-42-43(33-58(47(42)55-51)39-12-14-40(60)15-13-39)37-10-8-36(9-11-37)32-57-20-18-56(19-21-57)22-24-67-26-28-69-30-29-68-27-25-66-23-4-6-38-5-3-7-41-46(38)50(64)59(49(41)63)44-16-17-45(61)54-48(44)62/h3,5,7-11,31,33,35,39-40,44,60H,4,6,12-30,32,34H2,1-2H3,(H,52,53,55)(H,54,61,62)/t35-,39?,40?,44?/m0/s1. The molecule has 3 aliphatic heterocycles. The van der Waals surface area contributed by atoms with E-state index in [9.17, 15) is 24.3 Å². The van der Waals surface area contributed by atoms with Crippen molar-refractivity contribution in [3.05, 3.63) is 77.1 Å². The van der Waals surface area contributed by atoms with Crippen LogP contribution in [0.25, 0.3) is 22.2 Å². The number of aryl methyl sites for hydroxylation is 1. The number of fused-ring (bicyclic) bond motifs is 2. The van der Waals surface area contributed by atoms with Crippen LogP contribution in [0.5, 0.6) is 0 Å². The lowest BCUT2D eigenvalue weighted by Gasteiger charge is -2.34. The maximum atomic E-state index is 13.3. The van der Waals surface area contributed by atoms with Gasteiger partial charge in [-0.2, -0.15) is 4.98 Å². The van der Waals surface area contributed by atoms with Crippen molar-refractivity contribution in [2.45, 2.75) is 89.1 Å². The van der Waals surface area contributed by atoms with Crippen molar-refractivity contribution in [3.63, 3.8) is 0 Å². The van der Waals surface area contributed by atoms with Gasteiger partial charge < -0.3 is 38.7 Å². The van der Waals surface area contributed by atoms with Crippen LogP contribution in [0.15, 0.2) is 54.9 Å². The number of amides is 4. The van der Waals surface area contributed by atoms with E-state index >= 15 is 0 Å². The number of nitrogens with zero attached hydrogens (tertiary/aromatic N) is 6. The Hall–Kier alpha value is -5.18. The second-order valence-corrected chi connectivity index (χ2v) is 18.5. The number of hydrogen-bond donors (Lipinski definition) is 3. The Morgan fingerprint density at radius 3 is 2.17 bits per heavy atom. The molecular formula is C51H68N8O10. The van der Waals surface area contributed by atoms with Gasteiger partial charge in [0.25, 0.3) is 11.8 Å². The SMILES string of the molecule is COC[C@H](C)Nc1ncc2c(-c3ccc(CN4CCN(CCOCCOCCOCCOCCCc5cccc6c5C(=O)N(C5CCC(=O)NC5=O)C6=O)CC4)cc3)cn(C3CCC(O)CC3)c2n1. The van der Waals surface area contributed by atoms with Crippen LogP contribution in [0.1, 0.15) is 89.8 Å². The Labute approximate surface area is 403 Å².